The molecule has 1 N–H and O–H groups in total. The minimum absolute atomic E-state index is 0.0209. The number of hydrogen-bond acceptors (Lipinski definition) is 7. The number of ether oxygens (including phenoxy) is 1. The van der Waals surface area contributed by atoms with Gasteiger partial charge in [-0.3, -0.25) is 4.79 Å². The van der Waals surface area contributed by atoms with Crippen molar-refractivity contribution >= 4 is 5.97 Å². The first-order valence-electron chi connectivity index (χ1n) is 6.32. The fourth-order valence-corrected chi connectivity index (χ4v) is 1.86. The van der Waals surface area contributed by atoms with Gasteiger partial charge in [-0.1, -0.05) is 19.0 Å². The zero-order valence-corrected chi connectivity index (χ0v) is 12.0. The van der Waals surface area contributed by atoms with Crippen LogP contribution in [0.2, 0.25) is 0 Å². The molecule has 8 nitrogen and oxygen atoms in total. The fraction of sp³-hybridized carbons (Fsp3) is 0.462. The zero-order valence-electron chi connectivity index (χ0n) is 12.0. The van der Waals surface area contributed by atoms with Gasteiger partial charge < -0.3 is 14.4 Å². The van der Waals surface area contributed by atoms with E-state index in [2.05, 4.69) is 20.3 Å². The summed E-state index contributed by atoms with van der Waals surface area (Å²) in [5.41, 5.74) is -0.0110. The number of carbonyl (C=O) groups is 1. The van der Waals surface area contributed by atoms with Gasteiger partial charge in [0.15, 0.2) is 0 Å². The van der Waals surface area contributed by atoms with Crippen LogP contribution >= 0.6 is 0 Å². The molecule has 0 amide bonds. The third-order valence-corrected chi connectivity index (χ3v) is 2.81. The normalized spacial score (nSPS) is 11.4. The molecule has 21 heavy (non-hydrogen) atoms. The third-order valence-electron chi connectivity index (χ3n) is 2.81. The minimum Gasteiger partial charge on any atom is -0.481 e. The molecule has 2 heterocycles. The Labute approximate surface area is 121 Å². The van der Waals surface area contributed by atoms with E-state index in [9.17, 15) is 4.79 Å². The molecule has 2 aromatic rings. The largest absolute Gasteiger partial charge is 0.481 e. The van der Waals surface area contributed by atoms with Crippen molar-refractivity contribution < 1.29 is 19.2 Å². The van der Waals surface area contributed by atoms with Gasteiger partial charge in [0.05, 0.1) is 13.5 Å². The van der Waals surface area contributed by atoms with Gasteiger partial charge in [0.25, 0.3) is 0 Å². The summed E-state index contributed by atoms with van der Waals surface area (Å²) in [6, 6.07) is 3.32. The minimum atomic E-state index is -0.860. The average Bonchev–Trinajstić information content (AvgIpc) is 2.85. The Hall–Kier alpha value is -2.51. The van der Waals surface area contributed by atoms with Crippen LogP contribution in [0.25, 0.3) is 11.5 Å². The number of aliphatic carboxylic acids is 1. The number of aromatic nitrogens is 4. The van der Waals surface area contributed by atoms with Crippen molar-refractivity contribution in [1.82, 2.24) is 20.3 Å². The van der Waals surface area contributed by atoms with Gasteiger partial charge in [-0.15, -0.1) is 10.2 Å². The van der Waals surface area contributed by atoms with E-state index in [0.29, 0.717) is 29.7 Å². The summed E-state index contributed by atoms with van der Waals surface area (Å²) in [5.74, 6) is 0.214. The van der Waals surface area contributed by atoms with Crippen LogP contribution in [-0.4, -0.2) is 38.5 Å². The van der Waals surface area contributed by atoms with E-state index in [-0.39, 0.29) is 6.42 Å². The molecule has 0 saturated heterocycles. The van der Waals surface area contributed by atoms with Gasteiger partial charge in [0, 0.05) is 12.5 Å². The van der Waals surface area contributed by atoms with E-state index in [1.165, 1.54) is 7.11 Å². The Balaban J connectivity index is 2.12. The summed E-state index contributed by atoms with van der Waals surface area (Å²) < 4.78 is 10.1. The summed E-state index contributed by atoms with van der Waals surface area (Å²) in [7, 11) is 1.50. The smallest absolute Gasteiger partial charge is 0.303 e. The van der Waals surface area contributed by atoms with Crippen LogP contribution in [0.4, 0.5) is 0 Å². The quantitative estimate of drug-likeness (QED) is 0.854. The van der Waals surface area contributed by atoms with Crippen LogP contribution in [0.3, 0.4) is 0 Å². The molecule has 0 aliphatic rings. The van der Waals surface area contributed by atoms with Crippen LogP contribution in [0.5, 0.6) is 5.88 Å². The topological polar surface area (TPSA) is 111 Å². The van der Waals surface area contributed by atoms with Crippen molar-refractivity contribution in [2.24, 2.45) is 5.41 Å². The van der Waals surface area contributed by atoms with Crippen LogP contribution in [0.15, 0.2) is 16.7 Å². The van der Waals surface area contributed by atoms with Crippen molar-refractivity contribution in [3.63, 3.8) is 0 Å². The number of carboxylic acids is 1. The van der Waals surface area contributed by atoms with Crippen molar-refractivity contribution in [2.75, 3.05) is 7.11 Å². The lowest BCUT2D eigenvalue weighted by atomic mass is 9.86. The van der Waals surface area contributed by atoms with E-state index in [0.717, 1.165) is 0 Å². The van der Waals surface area contributed by atoms with Gasteiger partial charge in [0.2, 0.25) is 17.6 Å². The highest BCUT2D eigenvalue weighted by molar-refractivity contribution is 5.67. The second kappa shape index (κ2) is 5.86. The molecule has 0 aliphatic carbocycles. The highest BCUT2D eigenvalue weighted by Crippen LogP contribution is 2.26. The molecule has 2 aromatic heterocycles. The van der Waals surface area contributed by atoms with Crippen LogP contribution in [0.1, 0.15) is 26.2 Å². The van der Waals surface area contributed by atoms with E-state index in [1.807, 2.05) is 13.8 Å². The summed E-state index contributed by atoms with van der Waals surface area (Å²) in [5, 5.41) is 20.4. The number of hydrogen-bond donors (Lipinski definition) is 1. The van der Waals surface area contributed by atoms with Crippen molar-refractivity contribution in [3.05, 3.63) is 18.0 Å². The maximum Gasteiger partial charge on any atom is 0.303 e. The van der Waals surface area contributed by atoms with Crippen molar-refractivity contribution in [3.8, 4) is 17.4 Å². The predicted molar refractivity (Wildman–Crippen MR) is 71.6 cm³/mol. The molecular weight excluding hydrogens is 276 g/mol. The monoisotopic (exact) mass is 292 g/mol. The maximum atomic E-state index is 10.8. The third kappa shape index (κ3) is 3.98. The second-order valence-electron chi connectivity index (χ2n) is 5.38. The molecule has 0 unspecified atom stereocenters. The van der Waals surface area contributed by atoms with Crippen LogP contribution in [0, 0.1) is 5.41 Å². The lowest BCUT2D eigenvalue weighted by Crippen LogP contribution is -2.19. The molecule has 0 bridgehead atoms. The molecule has 0 spiro atoms. The molecule has 0 aliphatic heterocycles. The highest BCUT2D eigenvalue weighted by Gasteiger charge is 2.25. The lowest BCUT2D eigenvalue weighted by Gasteiger charge is -2.19. The molecule has 0 atom stereocenters. The average molecular weight is 292 g/mol. The van der Waals surface area contributed by atoms with Gasteiger partial charge >= 0.3 is 5.97 Å². The molecule has 112 valence electrons. The lowest BCUT2D eigenvalue weighted by molar-refractivity contribution is -0.139. The molecule has 0 radical (unpaired) electrons. The first-order chi connectivity index (χ1) is 9.89. The maximum absolute atomic E-state index is 10.8. The molecular formula is C13H16N4O4. The van der Waals surface area contributed by atoms with Crippen LogP contribution in [-0.2, 0) is 11.2 Å². The van der Waals surface area contributed by atoms with E-state index >= 15 is 0 Å². The molecule has 0 aromatic carbocycles. The Morgan fingerprint density at radius 3 is 2.71 bits per heavy atom. The van der Waals surface area contributed by atoms with Crippen molar-refractivity contribution in [2.45, 2.75) is 26.7 Å². The van der Waals surface area contributed by atoms with Gasteiger partial charge in [-0.25, -0.2) is 0 Å². The summed E-state index contributed by atoms with van der Waals surface area (Å²) in [6.45, 7) is 3.66. The highest BCUT2D eigenvalue weighted by atomic mass is 16.5. The number of rotatable bonds is 6. The Bertz CT molecular complexity index is 621. The van der Waals surface area contributed by atoms with Gasteiger partial charge in [-0.2, -0.15) is 4.98 Å². The van der Waals surface area contributed by atoms with Gasteiger partial charge in [-0.05, 0) is 11.5 Å². The van der Waals surface area contributed by atoms with Crippen LogP contribution < -0.4 is 4.74 Å². The number of methoxy groups -OCH3 is 1. The van der Waals surface area contributed by atoms with E-state index < -0.39 is 11.4 Å². The summed E-state index contributed by atoms with van der Waals surface area (Å²) in [4.78, 5) is 15.0. The molecule has 0 fully saturated rings. The summed E-state index contributed by atoms with van der Waals surface area (Å²) in [6.07, 6.45) is 0.392. The Morgan fingerprint density at radius 1 is 1.38 bits per heavy atom. The number of nitrogens with zero attached hydrogens (tertiary/aromatic N) is 4. The molecule has 8 heteroatoms. The second-order valence-corrected chi connectivity index (χ2v) is 5.38. The van der Waals surface area contributed by atoms with Crippen molar-refractivity contribution in [1.29, 1.82) is 0 Å². The predicted octanol–water partition coefficient (Wildman–Crippen LogP) is 1.58. The Kier molecular flexibility index (Phi) is 4.15. The first-order valence-corrected chi connectivity index (χ1v) is 6.32. The SMILES string of the molecule is COc1ccc(-c2noc(CC(C)(C)CC(=O)O)n2)nn1. The molecule has 0 saturated carbocycles. The van der Waals surface area contributed by atoms with Gasteiger partial charge in [0.1, 0.15) is 5.69 Å². The van der Waals surface area contributed by atoms with E-state index in [1.54, 1.807) is 12.1 Å². The zero-order chi connectivity index (χ0) is 15.5. The Morgan fingerprint density at radius 2 is 2.14 bits per heavy atom. The standard InChI is InChI=1S/C13H16N4O4/c1-13(2,7-11(18)19)6-10-14-12(17-21-10)8-4-5-9(20-3)16-15-8/h4-5H,6-7H2,1-3H3,(H,18,19). The summed E-state index contributed by atoms with van der Waals surface area (Å²) >= 11 is 0. The number of carboxylic acid groups (broad SMARTS) is 1. The molecule has 2 rings (SSSR count). The van der Waals surface area contributed by atoms with E-state index in [4.69, 9.17) is 14.4 Å². The first kappa shape index (κ1) is 14.9. The fourth-order valence-electron chi connectivity index (χ4n) is 1.86.